The largest absolute Gasteiger partial charge is 0.494 e. The van der Waals surface area contributed by atoms with Crippen molar-refractivity contribution in [1.82, 2.24) is 4.90 Å². The maximum atomic E-state index is 13.1. The van der Waals surface area contributed by atoms with Crippen LogP contribution >= 0.6 is 12.2 Å². The van der Waals surface area contributed by atoms with Crippen molar-refractivity contribution in [1.29, 1.82) is 0 Å². The Hall–Kier alpha value is -2.86. The van der Waals surface area contributed by atoms with E-state index < -0.39 is 0 Å². The number of benzene rings is 2. The summed E-state index contributed by atoms with van der Waals surface area (Å²) >= 11 is 5.51. The third-order valence-corrected chi connectivity index (χ3v) is 4.64. The third-order valence-electron chi connectivity index (χ3n) is 4.18. The highest BCUT2D eigenvalue weighted by atomic mass is 32.1. The van der Waals surface area contributed by atoms with Crippen molar-refractivity contribution in [3.8, 4) is 11.5 Å². The molecule has 27 heavy (non-hydrogen) atoms. The van der Waals surface area contributed by atoms with E-state index in [9.17, 15) is 4.79 Å². The minimum atomic E-state index is -0.169. The smallest absolute Gasteiger partial charge is 0.281 e. The summed E-state index contributed by atoms with van der Waals surface area (Å²) in [5.74, 6) is 1.32. The van der Waals surface area contributed by atoms with E-state index in [2.05, 4.69) is 0 Å². The van der Waals surface area contributed by atoms with Crippen molar-refractivity contribution in [2.75, 3.05) is 25.2 Å². The van der Waals surface area contributed by atoms with Crippen LogP contribution in [0.25, 0.3) is 6.08 Å². The molecule has 0 atom stereocenters. The second kappa shape index (κ2) is 8.22. The summed E-state index contributed by atoms with van der Waals surface area (Å²) in [6.07, 6.45) is 1.81. The van der Waals surface area contributed by atoms with Crippen LogP contribution in [-0.4, -0.2) is 36.2 Å². The van der Waals surface area contributed by atoms with Crippen molar-refractivity contribution in [2.24, 2.45) is 0 Å². The molecule has 1 amide bonds. The van der Waals surface area contributed by atoms with Gasteiger partial charge in [-0.2, -0.15) is 0 Å². The van der Waals surface area contributed by atoms with Gasteiger partial charge in [0.15, 0.2) is 5.11 Å². The van der Waals surface area contributed by atoms with Gasteiger partial charge in [-0.25, -0.2) is 0 Å². The van der Waals surface area contributed by atoms with E-state index >= 15 is 0 Å². The van der Waals surface area contributed by atoms with Crippen molar-refractivity contribution < 1.29 is 14.3 Å². The molecule has 1 saturated heterocycles. The predicted molar refractivity (Wildman–Crippen MR) is 111 cm³/mol. The Balaban J connectivity index is 1.93. The monoisotopic (exact) mass is 382 g/mol. The molecule has 0 N–H and O–H groups in total. The van der Waals surface area contributed by atoms with Gasteiger partial charge in [0, 0.05) is 12.6 Å². The van der Waals surface area contributed by atoms with E-state index in [4.69, 9.17) is 21.7 Å². The number of hydrogen-bond donors (Lipinski definition) is 0. The van der Waals surface area contributed by atoms with Crippen LogP contribution in [0.2, 0.25) is 0 Å². The zero-order chi connectivity index (χ0) is 19.4. The fourth-order valence-corrected chi connectivity index (χ4v) is 3.16. The van der Waals surface area contributed by atoms with E-state index in [-0.39, 0.29) is 5.91 Å². The van der Waals surface area contributed by atoms with E-state index in [0.29, 0.717) is 29.7 Å². The van der Waals surface area contributed by atoms with Crippen LogP contribution in [0.15, 0.2) is 54.2 Å². The lowest BCUT2D eigenvalue weighted by molar-refractivity contribution is -0.114. The van der Waals surface area contributed by atoms with E-state index in [1.807, 2.05) is 68.5 Å². The van der Waals surface area contributed by atoms with E-state index in [0.717, 1.165) is 17.1 Å². The first-order valence-electron chi connectivity index (χ1n) is 8.85. The number of para-hydroxylation sites is 1. The lowest BCUT2D eigenvalue weighted by atomic mass is 10.1. The first-order chi connectivity index (χ1) is 13.1. The van der Waals surface area contributed by atoms with Crippen LogP contribution in [0.1, 0.15) is 19.4 Å². The van der Waals surface area contributed by atoms with Crippen molar-refractivity contribution in [3.63, 3.8) is 0 Å². The topological polar surface area (TPSA) is 42.0 Å². The summed E-state index contributed by atoms with van der Waals surface area (Å²) in [7, 11) is 1.80. The van der Waals surface area contributed by atoms with Crippen molar-refractivity contribution in [2.45, 2.75) is 13.8 Å². The number of carbonyl (C=O) groups is 1. The average Bonchev–Trinajstić information content (AvgIpc) is 2.88. The number of carbonyl (C=O) groups excluding carboxylic acids is 1. The maximum Gasteiger partial charge on any atom is 0.281 e. The van der Waals surface area contributed by atoms with Crippen molar-refractivity contribution in [3.05, 3.63) is 59.8 Å². The molecular formula is C21H22N2O3S. The third kappa shape index (κ3) is 3.80. The minimum Gasteiger partial charge on any atom is -0.494 e. The number of ether oxygens (including phenoxy) is 2. The number of amides is 1. The highest BCUT2D eigenvalue weighted by Crippen LogP contribution is 2.30. The molecule has 3 rings (SSSR count). The van der Waals surface area contributed by atoms with Crippen LogP contribution in [0, 0.1) is 0 Å². The number of nitrogens with zero attached hydrogens (tertiary/aromatic N) is 2. The van der Waals surface area contributed by atoms with E-state index in [1.54, 1.807) is 11.9 Å². The standard InChI is InChI=1S/C21H22N2O3S/c1-4-25-17-12-10-16(11-13-17)23-20(24)18(22(3)21(23)27)14-15-8-6-7-9-19(15)26-5-2/h6-14H,4-5H2,1-3H3. The predicted octanol–water partition coefficient (Wildman–Crippen LogP) is 4.09. The summed E-state index contributed by atoms with van der Waals surface area (Å²) in [6, 6.07) is 15.0. The van der Waals surface area contributed by atoms with Gasteiger partial charge in [-0.05, 0) is 62.5 Å². The normalized spacial score (nSPS) is 15.6. The fourth-order valence-electron chi connectivity index (χ4n) is 2.88. The van der Waals surface area contributed by atoms with Gasteiger partial charge in [0.1, 0.15) is 17.2 Å². The summed E-state index contributed by atoms with van der Waals surface area (Å²) in [5, 5.41) is 0.435. The zero-order valence-corrected chi connectivity index (χ0v) is 16.5. The summed E-state index contributed by atoms with van der Waals surface area (Å²) in [4.78, 5) is 16.3. The lowest BCUT2D eigenvalue weighted by Gasteiger charge is -2.16. The summed E-state index contributed by atoms with van der Waals surface area (Å²) in [6.45, 7) is 5.01. The molecule has 1 aliphatic heterocycles. The minimum absolute atomic E-state index is 0.169. The Bertz CT molecular complexity index is 877. The van der Waals surface area contributed by atoms with E-state index in [1.165, 1.54) is 4.90 Å². The molecule has 0 aromatic heterocycles. The van der Waals surface area contributed by atoms with Gasteiger partial charge < -0.3 is 14.4 Å². The van der Waals surface area contributed by atoms with Crippen LogP contribution in [-0.2, 0) is 4.79 Å². The molecule has 0 bridgehead atoms. The Kier molecular flexibility index (Phi) is 5.76. The van der Waals surface area contributed by atoms with Gasteiger partial charge in [-0.1, -0.05) is 18.2 Å². The highest BCUT2D eigenvalue weighted by Gasteiger charge is 2.36. The SMILES string of the molecule is CCOc1ccc(N2C(=O)C(=Cc3ccccc3OCC)N(C)C2=S)cc1. The number of hydrogen-bond acceptors (Lipinski definition) is 4. The molecule has 5 nitrogen and oxygen atoms in total. The summed E-state index contributed by atoms with van der Waals surface area (Å²) in [5.41, 5.74) is 2.05. The van der Waals surface area contributed by atoms with Gasteiger partial charge in [0.25, 0.3) is 5.91 Å². The average molecular weight is 382 g/mol. The molecule has 0 aliphatic carbocycles. The van der Waals surface area contributed by atoms with Crippen LogP contribution < -0.4 is 14.4 Å². The Morgan fingerprint density at radius 3 is 2.33 bits per heavy atom. The number of likely N-dealkylation sites (N-methyl/N-ethyl adjacent to an activating group) is 1. The van der Waals surface area contributed by atoms with Gasteiger partial charge in [0.05, 0.1) is 18.9 Å². The first-order valence-corrected chi connectivity index (χ1v) is 9.26. The Morgan fingerprint density at radius 2 is 1.67 bits per heavy atom. The molecule has 1 heterocycles. The van der Waals surface area contributed by atoms with Gasteiger partial charge in [0.2, 0.25) is 0 Å². The molecule has 1 aliphatic rings. The molecule has 2 aromatic carbocycles. The highest BCUT2D eigenvalue weighted by molar-refractivity contribution is 7.80. The molecule has 0 saturated carbocycles. The summed E-state index contributed by atoms with van der Waals surface area (Å²) < 4.78 is 11.1. The molecule has 6 heteroatoms. The Morgan fingerprint density at radius 1 is 1.00 bits per heavy atom. The Labute approximate surface area is 164 Å². The number of thiocarbonyl (C=S) groups is 1. The molecular weight excluding hydrogens is 360 g/mol. The molecule has 140 valence electrons. The fraction of sp³-hybridized carbons (Fsp3) is 0.238. The van der Waals surface area contributed by atoms with Crippen LogP contribution in [0.4, 0.5) is 5.69 Å². The number of rotatable bonds is 6. The van der Waals surface area contributed by atoms with Gasteiger partial charge in [-0.15, -0.1) is 0 Å². The molecule has 1 fully saturated rings. The molecule has 2 aromatic rings. The lowest BCUT2D eigenvalue weighted by Crippen LogP contribution is -2.31. The van der Waals surface area contributed by atoms with Crippen LogP contribution in [0.5, 0.6) is 11.5 Å². The maximum absolute atomic E-state index is 13.1. The van der Waals surface area contributed by atoms with Gasteiger partial charge in [-0.3, -0.25) is 9.69 Å². The number of anilines is 1. The molecule has 0 spiro atoms. The van der Waals surface area contributed by atoms with Crippen molar-refractivity contribution >= 4 is 35.0 Å². The molecule has 0 radical (unpaired) electrons. The first kappa shape index (κ1) is 18.9. The quantitative estimate of drug-likeness (QED) is 0.556. The molecule has 0 unspecified atom stereocenters. The zero-order valence-electron chi connectivity index (χ0n) is 15.6. The van der Waals surface area contributed by atoms with Crippen LogP contribution in [0.3, 0.4) is 0 Å². The second-order valence-electron chi connectivity index (χ2n) is 5.91. The second-order valence-corrected chi connectivity index (χ2v) is 6.27. The van der Waals surface area contributed by atoms with Gasteiger partial charge >= 0.3 is 0 Å².